The standard InChI is InChI=1S/C59H67N3O/c1-55(2,3)43-29-39(30-44(35-43)56(4,5)6)40-33-51(61-52(34-40)49-37-45(57(7,8)9)38-50(54(49)63)58(10,11)12)41-31-46(59(13,14)42-23-17-15-18-24-42)36-48(32-41)62(47-25-19-16-20-26-47)53-27-21-22-28-60-53/h15-38,63H,1-14H3. The third kappa shape index (κ3) is 9.66. The molecule has 7 rings (SSSR count). The third-order valence-electron chi connectivity index (χ3n) is 12.5. The van der Waals surface area contributed by atoms with Crippen molar-refractivity contribution in [2.45, 2.75) is 124 Å². The number of aromatic nitrogens is 2. The molecule has 7 aromatic rings. The fourth-order valence-electron chi connectivity index (χ4n) is 8.23. The summed E-state index contributed by atoms with van der Waals surface area (Å²) < 4.78 is 0. The lowest BCUT2D eigenvalue weighted by molar-refractivity contribution is 0.446. The molecule has 0 fully saturated rings. The highest BCUT2D eigenvalue weighted by Crippen LogP contribution is 2.46. The lowest BCUT2D eigenvalue weighted by Gasteiger charge is -2.30. The third-order valence-corrected chi connectivity index (χ3v) is 12.5. The first kappa shape index (κ1) is 45.0. The molecule has 1 N–H and O–H groups in total. The Labute approximate surface area is 378 Å². The maximum Gasteiger partial charge on any atom is 0.137 e. The first-order chi connectivity index (χ1) is 29.4. The van der Waals surface area contributed by atoms with E-state index in [1.807, 2.05) is 24.4 Å². The molecule has 0 amide bonds. The smallest absolute Gasteiger partial charge is 0.137 e. The highest BCUT2D eigenvalue weighted by atomic mass is 16.3. The molecule has 2 aromatic heterocycles. The Morgan fingerprint density at radius 1 is 0.413 bits per heavy atom. The van der Waals surface area contributed by atoms with Gasteiger partial charge in [-0.3, -0.25) is 4.90 Å². The highest BCUT2D eigenvalue weighted by Gasteiger charge is 2.29. The van der Waals surface area contributed by atoms with Crippen molar-refractivity contribution >= 4 is 17.2 Å². The molecule has 4 nitrogen and oxygen atoms in total. The van der Waals surface area contributed by atoms with Gasteiger partial charge in [0.1, 0.15) is 11.6 Å². The van der Waals surface area contributed by atoms with Crippen molar-refractivity contribution in [2.75, 3.05) is 4.90 Å². The Hall–Kier alpha value is -6.00. The summed E-state index contributed by atoms with van der Waals surface area (Å²) in [5.74, 6) is 1.09. The van der Waals surface area contributed by atoms with E-state index >= 15 is 0 Å². The van der Waals surface area contributed by atoms with Gasteiger partial charge in [-0.25, -0.2) is 9.97 Å². The van der Waals surface area contributed by atoms with Crippen LogP contribution in [0.4, 0.5) is 17.2 Å². The van der Waals surface area contributed by atoms with E-state index in [9.17, 15) is 5.11 Å². The van der Waals surface area contributed by atoms with Crippen molar-refractivity contribution in [3.63, 3.8) is 0 Å². The number of hydrogen-bond acceptors (Lipinski definition) is 4. The Kier molecular flexibility index (Phi) is 11.9. The van der Waals surface area contributed by atoms with Crippen LogP contribution in [0.2, 0.25) is 0 Å². The van der Waals surface area contributed by atoms with Crippen LogP contribution in [0.1, 0.15) is 130 Å². The molecule has 63 heavy (non-hydrogen) atoms. The molecule has 0 saturated carbocycles. The van der Waals surface area contributed by atoms with E-state index < -0.39 is 0 Å². The zero-order valence-electron chi connectivity index (χ0n) is 40.1. The maximum absolute atomic E-state index is 12.4. The van der Waals surface area contributed by atoms with Crippen LogP contribution in [0.3, 0.4) is 0 Å². The molecule has 0 bridgehead atoms. The van der Waals surface area contributed by atoms with Gasteiger partial charge < -0.3 is 5.11 Å². The number of para-hydroxylation sites is 1. The normalized spacial score (nSPS) is 12.7. The molecule has 0 aliphatic heterocycles. The summed E-state index contributed by atoms with van der Waals surface area (Å²) in [4.78, 5) is 12.7. The molecule has 4 heteroatoms. The second kappa shape index (κ2) is 16.6. The minimum absolute atomic E-state index is 0.0752. The lowest BCUT2D eigenvalue weighted by atomic mass is 9.77. The fraction of sp³-hybridized carbons (Fsp3) is 0.322. The van der Waals surface area contributed by atoms with E-state index in [1.165, 1.54) is 16.7 Å². The summed E-state index contributed by atoms with van der Waals surface area (Å²) in [6.07, 6.45) is 1.85. The van der Waals surface area contributed by atoms with E-state index in [2.05, 4.69) is 223 Å². The topological polar surface area (TPSA) is 49.2 Å². The number of rotatable bonds is 8. The summed E-state index contributed by atoms with van der Waals surface area (Å²) in [5, 5.41) is 12.4. The summed E-state index contributed by atoms with van der Waals surface area (Å²) >= 11 is 0. The highest BCUT2D eigenvalue weighted by molar-refractivity contribution is 5.84. The largest absolute Gasteiger partial charge is 0.507 e. The van der Waals surface area contributed by atoms with Crippen LogP contribution < -0.4 is 4.90 Å². The average molecular weight is 834 g/mol. The molecular formula is C59H67N3O. The van der Waals surface area contributed by atoms with Crippen LogP contribution in [0.15, 0.2) is 146 Å². The molecule has 0 aliphatic carbocycles. The first-order valence-corrected chi connectivity index (χ1v) is 22.5. The van der Waals surface area contributed by atoms with Gasteiger partial charge in [0.05, 0.1) is 11.4 Å². The number of anilines is 3. The first-order valence-electron chi connectivity index (χ1n) is 22.5. The molecule has 0 atom stereocenters. The number of nitrogens with zero attached hydrogens (tertiary/aromatic N) is 3. The van der Waals surface area contributed by atoms with Gasteiger partial charge in [-0.05, 0) is 121 Å². The van der Waals surface area contributed by atoms with Crippen LogP contribution in [0, 0.1) is 0 Å². The molecule has 0 spiro atoms. The summed E-state index contributed by atoms with van der Waals surface area (Å²) in [6, 6.07) is 50.0. The van der Waals surface area contributed by atoms with Gasteiger partial charge in [-0.2, -0.15) is 0 Å². The molecule has 0 unspecified atom stereocenters. The minimum Gasteiger partial charge on any atom is -0.507 e. The Morgan fingerprint density at radius 2 is 0.937 bits per heavy atom. The van der Waals surface area contributed by atoms with E-state index in [0.717, 1.165) is 67.5 Å². The second-order valence-electron chi connectivity index (χ2n) is 22.0. The number of aromatic hydroxyl groups is 1. The van der Waals surface area contributed by atoms with Gasteiger partial charge in [-0.1, -0.05) is 176 Å². The Balaban J connectivity index is 1.60. The lowest BCUT2D eigenvalue weighted by Crippen LogP contribution is -2.20. The number of benzene rings is 5. The monoisotopic (exact) mass is 834 g/mol. The summed E-state index contributed by atoms with van der Waals surface area (Å²) in [5.41, 5.74) is 13.4. The van der Waals surface area contributed by atoms with Gasteiger partial charge in [0, 0.05) is 39.7 Å². The zero-order chi connectivity index (χ0) is 45.7. The Bertz CT molecular complexity index is 2650. The van der Waals surface area contributed by atoms with Crippen LogP contribution >= 0.6 is 0 Å². The van der Waals surface area contributed by atoms with Gasteiger partial charge in [0.2, 0.25) is 0 Å². The average Bonchev–Trinajstić information content (AvgIpc) is 3.23. The number of pyridine rings is 2. The molecule has 324 valence electrons. The van der Waals surface area contributed by atoms with Gasteiger partial charge in [0.25, 0.3) is 0 Å². The molecule has 0 radical (unpaired) electrons. The van der Waals surface area contributed by atoms with Crippen molar-refractivity contribution in [2.24, 2.45) is 0 Å². The second-order valence-corrected chi connectivity index (χ2v) is 22.0. The van der Waals surface area contributed by atoms with Crippen LogP contribution in [-0.2, 0) is 27.1 Å². The van der Waals surface area contributed by atoms with E-state index in [4.69, 9.17) is 9.97 Å². The van der Waals surface area contributed by atoms with Gasteiger partial charge in [0.15, 0.2) is 0 Å². The zero-order valence-corrected chi connectivity index (χ0v) is 40.1. The minimum atomic E-state index is -0.373. The number of phenolic OH excluding ortho intramolecular Hbond substituents is 1. The predicted molar refractivity (Wildman–Crippen MR) is 268 cm³/mol. The molecule has 0 aliphatic rings. The Morgan fingerprint density at radius 3 is 1.49 bits per heavy atom. The van der Waals surface area contributed by atoms with Crippen LogP contribution in [0.25, 0.3) is 33.6 Å². The SMILES string of the molecule is CC(C)(C)c1cc(-c2cc(-c3cc(N(c4ccccc4)c4ccccn4)cc(C(C)(C)c4ccccc4)c3)nc(-c3cc(C(C)(C)C)cc(C(C)(C)C)c3O)c2)cc(C(C)(C)C)c1. The van der Waals surface area contributed by atoms with Crippen molar-refractivity contribution in [3.05, 3.63) is 179 Å². The van der Waals surface area contributed by atoms with Crippen molar-refractivity contribution in [1.82, 2.24) is 9.97 Å². The van der Waals surface area contributed by atoms with E-state index in [-0.39, 0.29) is 32.8 Å². The molecule has 5 aromatic carbocycles. The predicted octanol–water partition coefficient (Wildman–Crippen LogP) is 16.2. The van der Waals surface area contributed by atoms with Crippen molar-refractivity contribution in [1.29, 1.82) is 0 Å². The molecule has 0 saturated heterocycles. The van der Waals surface area contributed by atoms with Crippen molar-refractivity contribution in [3.8, 4) is 39.4 Å². The quantitative estimate of drug-likeness (QED) is 0.166. The van der Waals surface area contributed by atoms with E-state index in [0.29, 0.717) is 0 Å². The molecular weight excluding hydrogens is 767 g/mol. The van der Waals surface area contributed by atoms with Gasteiger partial charge in [-0.15, -0.1) is 0 Å². The van der Waals surface area contributed by atoms with Gasteiger partial charge >= 0.3 is 0 Å². The fourth-order valence-corrected chi connectivity index (χ4v) is 8.23. The van der Waals surface area contributed by atoms with Crippen LogP contribution in [-0.4, -0.2) is 15.1 Å². The number of phenols is 1. The molecule has 2 heterocycles. The number of hydrogen-bond donors (Lipinski definition) is 1. The van der Waals surface area contributed by atoms with Crippen LogP contribution in [0.5, 0.6) is 5.75 Å². The van der Waals surface area contributed by atoms with E-state index in [1.54, 1.807) is 0 Å². The maximum atomic E-state index is 12.4. The summed E-state index contributed by atoms with van der Waals surface area (Å²) in [6.45, 7) is 31.5. The summed E-state index contributed by atoms with van der Waals surface area (Å²) in [7, 11) is 0. The van der Waals surface area contributed by atoms with Crippen molar-refractivity contribution < 1.29 is 5.11 Å².